The van der Waals surface area contributed by atoms with E-state index in [1.807, 2.05) is 42.5 Å². The molecule has 4 rings (SSSR count). The second kappa shape index (κ2) is 12.8. The van der Waals surface area contributed by atoms with E-state index in [0.29, 0.717) is 36.9 Å². The molecule has 0 bridgehead atoms. The van der Waals surface area contributed by atoms with Gasteiger partial charge in [-0.15, -0.1) is 0 Å². The first-order valence-electron chi connectivity index (χ1n) is 13.4. The smallest absolute Gasteiger partial charge is 0.453 e. The van der Waals surface area contributed by atoms with Gasteiger partial charge in [0, 0.05) is 29.4 Å². The summed E-state index contributed by atoms with van der Waals surface area (Å²) in [7, 11) is 0. The van der Waals surface area contributed by atoms with Gasteiger partial charge in [0.05, 0.1) is 13.2 Å². The van der Waals surface area contributed by atoms with Crippen LogP contribution in [-0.4, -0.2) is 47.0 Å². The highest BCUT2D eigenvalue weighted by Gasteiger charge is 2.56. The molecule has 0 aliphatic carbocycles. The molecule has 0 saturated heterocycles. The normalized spacial score (nSPS) is 18.9. The Hall–Kier alpha value is -3.14. The number of thioether (sulfide) groups is 1. The Labute approximate surface area is 240 Å². The van der Waals surface area contributed by atoms with Gasteiger partial charge in [0.15, 0.2) is 0 Å². The summed E-state index contributed by atoms with van der Waals surface area (Å²) in [5.41, 5.74) is 2.42. The van der Waals surface area contributed by atoms with Crippen molar-refractivity contribution in [3.8, 4) is 23.0 Å². The second-order valence-corrected chi connectivity index (χ2v) is 11.7. The van der Waals surface area contributed by atoms with E-state index in [0.717, 1.165) is 23.1 Å². The van der Waals surface area contributed by atoms with Crippen molar-refractivity contribution >= 4 is 11.8 Å². The molecule has 1 aliphatic heterocycles. The number of ether oxygens (including phenoxy) is 2. The highest BCUT2D eigenvalue weighted by Crippen LogP contribution is 2.51. The van der Waals surface area contributed by atoms with E-state index in [1.165, 1.54) is 11.8 Å². The fraction of sp³-hybridized carbons (Fsp3) is 0.419. The average Bonchev–Trinajstić information content (AvgIpc) is 2.92. The Balaban J connectivity index is 1.36. The number of phenols is 2. The van der Waals surface area contributed by atoms with Gasteiger partial charge < -0.3 is 19.7 Å². The Morgan fingerprint density at radius 3 is 2.34 bits per heavy atom. The molecule has 0 spiro atoms. The van der Waals surface area contributed by atoms with Crippen molar-refractivity contribution in [2.75, 3.05) is 24.7 Å². The van der Waals surface area contributed by atoms with Crippen molar-refractivity contribution in [3.63, 3.8) is 0 Å². The lowest BCUT2D eigenvalue weighted by molar-refractivity contribution is -0.284. The number of unbranched alkanes of at least 4 members (excludes halogenated alkanes) is 1. The minimum Gasteiger partial charge on any atom is -0.508 e. The Bertz CT molecular complexity index is 1300. The van der Waals surface area contributed by atoms with E-state index in [1.54, 1.807) is 24.3 Å². The minimum absolute atomic E-state index is 0.116. The largest absolute Gasteiger partial charge is 0.508 e. The monoisotopic (exact) mass is 596 g/mol. The van der Waals surface area contributed by atoms with Crippen LogP contribution < -0.4 is 9.47 Å². The van der Waals surface area contributed by atoms with Crippen LogP contribution in [0.1, 0.15) is 55.2 Å². The first kappa shape index (κ1) is 30.8. The molecule has 3 aromatic carbocycles. The molecule has 2 unspecified atom stereocenters. The summed E-state index contributed by atoms with van der Waals surface area (Å²) in [6, 6.07) is 20.0. The third-order valence-electron chi connectivity index (χ3n) is 7.34. The van der Waals surface area contributed by atoms with Crippen molar-refractivity contribution in [2.24, 2.45) is 0 Å². The predicted molar refractivity (Wildman–Crippen MR) is 150 cm³/mol. The quantitative estimate of drug-likeness (QED) is 0.162. The number of alkyl halides is 5. The predicted octanol–water partition coefficient (Wildman–Crippen LogP) is 8.45. The van der Waals surface area contributed by atoms with E-state index >= 15 is 0 Å². The van der Waals surface area contributed by atoms with Crippen molar-refractivity contribution in [1.82, 2.24) is 0 Å². The van der Waals surface area contributed by atoms with Gasteiger partial charge in [0.1, 0.15) is 23.0 Å². The fourth-order valence-corrected chi connectivity index (χ4v) is 6.06. The third kappa shape index (κ3) is 7.39. The Morgan fingerprint density at radius 2 is 1.61 bits per heavy atom. The average molecular weight is 597 g/mol. The lowest BCUT2D eigenvalue weighted by Crippen LogP contribution is -2.40. The van der Waals surface area contributed by atoms with Crippen LogP contribution in [-0.2, 0) is 5.41 Å². The van der Waals surface area contributed by atoms with Gasteiger partial charge in [-0.25, -0.2) is 0 Å². The number of phenolic OH excluding ortho intramolecular Hbond substituents is 2. The molecule has 0 aromatic heterocycles. The molecular weight excluding hydrogens is 563 g/mol. The molecule has 1 heterocycles. The molecule has 0 amide bonds. The number of fused-ring (bicyclic) bond motifs is 1. The lowest BCUT2D eigenvalue weighted by atomic mass is 9.65. The van der Waals surface area contributed by atoms with Gasteiger partial charge in [-0.3, -0.25) is 0 Å². The van der Waals surface area contributed by atoms with E-state index in [4.69, 9.17) is 9.47 Å². The van der Waals surface area contributed by atoms with E-state index in [9.17, 15) is 32.2 Å². The van der Waals surface area contributed by atoms with Crippen molar-refractivity contribution in [2.45, 2.75) is 56.0 Å². The summed E-state index contributed by atoms with van der Waals surface area (Å²) in [6.07, 6.45) is -5.42. The van der Waals surface area contributed by atoms with Gasteiger partial charge >= 0.3 is 12.1 Å². The lowest BCUT2D eigenvalue weighted by Gasteiger charge is -2.43. The van der Waals surface area contributed by atoms with Crippen LogP contribution >= 0.6 is 11.8 Å². The SMILES string of the molecule is CC1(c2ccc(O)cc2)COc2cc(O)ccc2C1c1cccc(OCCCCSCCCC(F)(F)C(F)(F)F)c1. The first-order valence-corrected chi connectivity index (χ1v) is 14.6. The number of hydrogen-bond acceptors (Lipinski definition) is 5. The number of halogens is 5. The molecule has 10 heteroatoms. The minimum atomic E-state index is -5.49. The van der Waals surface area contributed by atoms with Crippen LogP contribution in [0.3, 0.4) is 0 Å². The van der Waals surface area contributed by atoms with E-state index in [2.05, 4.69) is 6.92 Å². The number of hydrogen-bond donors (Lipinski definition) is 2. The molecule has 0 saturated carbocycles. The molecule has 0 fully saturated rings. The maximum Gasteiger partial charge on any atom is 0.453 e. The third-order valence-corrected chi connectivity index (χ3v) is 8.49. The summed E-state index contributed by atoms with van der Waals surface area (Å²) in [5, 5.41) is 19.9. The zero-order chi connectivity index (χ0) is 29.7. The van der Waals surface area contributed by atoms with Gasteiger partial charge in [-0.05, 0) is 72.2 Å². The Morgan fingerprint density at radius 1 is 0.902 bits per heavy atom. The number of rotatable bonds is 12. The summed E-state index contributed by atoms with van der Waals surface area (Å²) in [4.78, 5) is 0. The van der Waals surface area contributed by atoms with Crippen LogP contribution in [0.2, 0.25) is 0 Å². The van der Waals surface area contributed by atoms with E-state index < -0.39 is 23.9 Å². The first-order chi connectivity index (χ1) is 19.4. The number of benzene rings is 3. The molecule has 2 atom stereocenters. The molecule has 1 aliphatic rings. The van der Waals surface area contributed by atoms with Gasteiger partial charge in [0.2, 0.25) is 0 Å². The van der Waals surface area contributed by atoms with Crippen molar-refractivity contribution in [1.29, 1.82) is 0 Å². The fourth-order valence-electron chi connectivity index (χ4n) is 5.10. The summed E-state index contributed by atoms with van der Waals surface area (Å²) in [5.74, 6) is -2.29. The summed E-state index contributed by atoms with van der Waals surface area (Å²) in [6.45, 7) is 2.90. The Kier molecular flexibility index (Phi) is 9.62. The molecule has 3 aromatic rings. The van der Waals surface area contributed by atoms with Crippen molar-refractivity contribution < 1.29 is 41.6 Å². The maximum atomic E-state index is 13.0. The molecule has 0 radical (unpaired) electrons. The molecule has 2 N–H and O–H groups in total. The van der Waals surface area contributed by atoms with Crippen LogP contribution in [0.15, 0.2) is 66.7 Å². The van der Waals surface area contributed by atoms with E-state index in [-0.39, 0.29) is 29.6 Å². The second-order valence-electron chi connectivity index (χ2n) is 10.5. The topological polar surface area (TPSA) is 58.9 Å². The molecular formula is C31H33F5O4S. The van der Waals surface area contributed by atoms with Crippen molar-refractivity contribution in [3.05, 3.63) is 83.4 Å². The number of aromatic hydroxyl groups is 2. The zero-order valence-corrected chi connectivity index (χ0v) is 23.4. The standard InChI is InChI=1S/C31H33F5O4S/c1-29(22-8-10-23(37)11-9-22)20-40-27-19-24(38)12-13-26(27)28(29)21-6-4-7-25(18-21)39-15-2-3-16-41-17-5-14-30(32,33)31(34,35)36/h4,6-13,18-19,28,37-38H,2-3,5,14-17,20H2,1H3. The van der Waals surface area contributed by atoms with Crippen LogP contribution in [0.5, 0.6) is 23.0 Å². The molecule has 222 valence electrons. The molecule has 41 heavy (non-hydrogen) atoms. The van der Waals surface area contributed by atoms with Gasteiger partial charge in [0.25, 0.3) is 0 Å². The van der Waals surface area contributed by atoms with Crippen LogP contribution in [0.4, 0.5) is 22.0 Å². The van der Waals surface area contributed by atoms with Gasteiger partial charge in [-0.2, -0.15) is 33.7 Å². The van der Waals surface area contributed by atoms with Gasteiger partial charge in [-0.1, -0.05) is 37.3 Å². The van der Waals surface area contributed by atoms with Crippen LogP contribution in [0, 0.1) is 0 Å². The summed E-state index contributed by atoms with van der Waals surface area (Å²) < 4.78 is 74.8. The highest BCUT2D eigenvalue weighted by molar-refractivity contribution is 7.99. The van der Waals surface area contributed by atoms with Crippen LogP contribution in [0.25, 0.3) is 0 Å². The summed E-state index contributed by atoms with van der Waals surface area (Å²) >= 11 is 1.36. The zero-order valence-electron chi connectivity index (χ0n) is 22.6. The molecule has 4 nitrogen and oxygen atoms in total. The maximum absolute atomic E-state index is 13.0. The highest BCUT2D eigenvalue weighted by atomic mass is 32.2.